The fourth-order valence-corrected chi connectivity index (χ4v) is 1.95. The molecule has 1 N–H and O–H groups in total. The van der Waals surface area contributed by atoms with Crippen LogP contribution in [0.15, 0.2) is 40.8 Å². The number of amides is 1. The molecule has 6 nitrogen and oxygen atoms in total. The number of aliphatic imine (C=N–C) groups is 1. The van der Waals surface area contributed by atoms with Crippen molar-refractivity contribution in [3.05, 3.63) is 35.8 Å². The molecule has 0 fully saturated rings. The molecule has 1 heterocycles. The van der Waals surface area contributed by atoms with Crippen molar-refractivity contribution in [3.8, 4) is 0 Å². The SMILES string of the molecule is COC(CNC(=O)C1=CC(=O)C2C=CC(F)=CC2=N1)OC. The largest absolute Gasteiger partial charge is 0.354 e. The van der Waals surface area contributed by atoms with Crippen LogP contribution < -0.4 is 5.32 Å². The number of fused-ring (bicyclic) bond motifs is 1. The molecule has 0 aromatic rings. The molecule has 0 bridgehead atoms. The summed E-state index contributed by atoms with van der Waals surface area (Å²) in [5.74, 6) is -1.97. The van der Waals surface area contributed by atoms with Gasteiger partial charge in [0, 0.05) is 20.3 Å². The highest BCUT2D eigenvalue weighted by Gasteiger charge is 2.28. The van der Waals surface area contributed by atoms with Crippen LogP contribution in [-0.4, -0.2) is 44.5 Å². The number of nitrogens with zero attached hydrogens (tertiary/aromatic N) is 1. The Morgan fingerprint density at radius 1 is 1.43 bits per heavy atom. The van der Waals surface area contributed by atoms with Crippen molar-refractivity contribution in [1.82, 2.24) is 5.32 Å². The molecule has 1 aliphatic carbocycles. The average Bonchev–Trinajstić information content (AvgIpc) is 2.47. The minimum Gasteiger partial charge on any atom is -0.354 e. The Morgan fingerprint density at radius 2 is 2.14 bits per heavy atom. The smallest absolute Gasteiger partial charge is 0.270 e. The molecule has 1 atom stereocenters. The number of hydrogen-bond acceptors (Lipinski definition) is 5. The molecule has 0 aromatic heterocycles. The normalized spacial score (nSPS) is 20.7. The Kier molecular flexibility index (Phi) is 4.77. The molecule has 0 saturated carbocycles. The molecule has 21 heavy (non-hydrogen) atoms. The summed E-state index contributed by atoms with van der Waals surface area (Å²) in [4.78, 5) is 27.9. The number of rotatable bonds is 5. The van der Waals surface area contributed by atoms with Crippen molar-refractivity contribution in [2.45, 2.75) is 6.29 Å². The van der Waals surface area contributed by atoms with Crippen molar-refractivity contribution in [2.75, 3.05) is 20.8 Å². The lowest BCUT2D eigenvalue weighted by molar-refractivity contribution is -0.124. The Balaban J connectivity index is 2.09. The van der Waals surface area contributed by atoms with Crippen molar-refractivity contribution >= 4 is 17.4 Å². The topological polar surface area (TPSA) is 77.0 Å². The maximum absolute atomic E-state index is 13.2. The fraction of sp³-hybridized carbons (Fsp3) is 0.357. The van der Waals surface area contributed by atoms with Gasteiger partial charge in [0.25, 0.3) is 5.91 Å². The number of nitrogens with one attached hydrogen (secondary N) is 1. The summed E-state index contributed by atoms with van der Waals surface area (Å²) in [6, 6.07) is 0. The van der Waals surface area contributed by atoms with E-state index in [2.05, 4.69) is 10.3 Å². The lowest BCUT2D eigenvalue weighted by Gasteiger charge is -2.19. The number of halogens is 1. The third-order valence-corrected chi connectivity index (χ3v) is 3.08. The maximum atomic E-state index is 13.2. The van der Waals surface area contributed by atoms with Gasteiger partial charge in [0.15, 0.2) is 12.1 Å². The zero-order valence-electron chi connectivity index (χ0n) is 11.6. The summed E-state index contributed by atoms with van der Waals surface area (Å²) in [5.41, 5.74) is 0.166. The van der Waals surface area contributed by atoms with Crippen LogP contribution in [0.4, 0.5) is 4.39 Å². The van der Waals surface area contributed by atoms with Crippen LogP contribution in [0.5, 0.6) is 0 Å². The lowest BCUT2D eigenvalue weighted by Crippen LogP contribution is -2.36. The number of ketones is 1. The molecule has 2 aliphatic rings. The average molecular weight is 294 g/mol. The Labute approximate surface area is 121 Å². The van der Waals surface area contributed by atoms with E-state index >= 15 is 0 Å². The van der Waals surface area contributed by atoms with Gasteiger partial charge in [-0.3, -0.25) is 9.59 Å². The van der Waals surface area contributed by atoms with E-state index in [1.54, 1.807) is 0 Å². The van der Waals surface area contributed by atoms with E-state index < -0.39 is 23.9 Å². The first-order chi connectivity index (χ1) is 10.0. The van der Waals surface area contributed by atoms with Gasteiger partial charge in [-0.05, 0) is 12.2 Å². The molecule has 0 spiro atoms. The first-order valence-electron chi connectivity index (χ1n) is 6.28. The first-order valence-corrected chi connectivity index (χ1v) is 6.28. The predicted octanol–water partition coefficient (Wildman–Crippen LogP) is 0.668. The minimum absolute atomic E-state index is 0.0587. The number of carbonyl (C=O) groups is 2. The molecular formula is C14H15FN2O4. The second kappa shape index (κ2) is 6.55. The van der Waals surface area contributed by atoms with E-state index in [4.69, 9.17) is 9.47 Å². The molecule has 2 rings (SSSR count). The standard InChI is InChI=1S/C14H15FN2O4/c1-20-13(21-2)7-16-14(19)11-6-12(18)9-4-3-8(15)5-10(9)17-11/h3-6,9,13H,7H2,1-2H3,(H,16,19). The van der Waals surface area contributed by atoms with E-state index in [1.165, 1.54) is 26.4 Å². The van der Waals surface area contributed by atoms with Gasteiger partial charge >= 0.3 is 0 Å². The number of carbonyl (C=O) groups excluding carboxylic acids is 2. The van der Waals surface area contributed by atoms with Gasteiger partial charge in [-0.15, -0.1) is 0 Å². The number of methoxy groups -OCH3 is 2. The number of allylic oxidation sites excluding steroid dienone is 5. The van der Waals surface area contributed by atoms with E-state index in [9.17, 15) is 14.0 Å². The quantitative estimate of drug-likeness (QED) is 0.756. The molecule has 0 aromatic carbocycles. The van der Waals surface area contributed by atoms with E-state index in [-0.39, 0.29) is 23.7 Å². The van der Waals surface area contributed by atoms with Crippen LogP contribution in [0.3, 0.4) is 0 Å². The van der Waals surface area contributed by atoms with Crippen molar-refractivity contribution in [1.29, 1.82) is 0 Å². The summed E-state index contributed by atoms with van der Waals surface area (Å²) >= 11 is 0. The van der Waals surface area contributed by atoms with Crippen LogP contribution >= 0.6 is 0 Å². The monoisotopic (exact) mass is 294 g/mol. The van der Waals surface area contributed by atoms with Gasteiger partial charge in [-0.25, -0.2) is 9.38 Å². The minimum atomic E-state index is -0.619. The first kappa shape index (κ1) is 15.3. The van der Waals surface area contributed by atoms with Gasteiger partial charge in [0.2, 0.25) is 0 Å². The highest BCUT2D eigenvalue weighted by atomic mass is 19.1. The number of hydrogen-bond donors (Lipinski definition) is 1. The fourth-order valence-electron chi connectivity index (χ4n) is 1.95. The molecule has 1 amide bonds. The molecule has 0 radical (unpaired) electrons. The summed E-state index contributed by atoms with van der Waals surface area (Å²) in [6.07, 6.45) is 4.34. The molecule has 1 aliphatic heterocycles. The summed E-state index contributed by atoms with van der Waals surface area (Å²) < 4.78 is 23.0. The molecule has 1 unspecified atom stereocenters. The zero-order chi connectivity index (χ0) is 15.4. The molecular weight excluding hydrogens is 279 g/mol. The highest BCUT2D eigenvalue weighted by molar-refractivity contribution is 6.21. The Hall–Kier alpha value is -2.12. The van der Waals surface area contributed by atoms with Gasteiger partial charge in [0.05, 0.1) is 18.2 Å². The zero-order valence-corrected chi connectivity index (χ0v) is 11.6. The predicted molar refractivity (Wildman–Crippen MR) is 73.2 cm³/mol. The summed E-state index contributed by atoms with van der Waals surface area (Å²) in [5, 5.41) is 2.53. The van der Waals surface area contributed by atoms with Crippen molar-refractivity contribution in [3.63, 3.8) is 0 Å². The summed E-state index contributed by atoms with van der Waals surface area (Å²) in [6.45, 7) is 0.107. The molecule has 7 heteroatoms. The second-order valence-corrected chi connectivity index (χ2v) is 4.45. The maximum Gasteiger partial charge on any atom is 0.270 e. The van der Waals surface area contributed by atoms with E-state index in [1.807, 2.05) is 0 Å². The van der Waals surface area contributed by atoms with Crippen LogP contribution in [0, 0.1) is 5.92 Å². The summed E-state index contributed by atoms with van der Waals surface area (Å²) in [7, 11) is 2.88. The lowest BCUT2D eigenvalue weighted by atomic mass is 9.91. The van der Waals surface area contributed by atoms with Crippen LogP contribution in [0.1, 0.15) is 0 Å². The Bertz CT molecular complexity index is 574. The number of ether oxygens (including phenoxy) is 2. The van der Waals surface area contributed by atoms with Crippen molar-refractivity contribution < 1.29 is 23.5 Å². The highest BCUT2D eigenvalue weighted by Crippen LogP contribution is 2.22. The third-order valence-electron chi connectivity index (χ3n) is 3.08. The Morgan fingerprint density at radius 3 is 2.81 bits per heavy atom. The van der Waals surface area contributed by atoms with Crippen LogP contribution in [0.2, 0.25) is 0 Å². The van der Waals surface area contributed by atoms with E-state index in [0.29, 0.717) is 0 Å². The van der Waals surface area contributed by atoms with Crippen molar-refractivity contribution in [2.24, 2.45) is 10.9 Å². The third kappa shape index (κ3) is 3.50. The molecule has 0 saturated heterocycles. The second-order valence-electron chi connectivity index (χ2n) is 4.45. The molecule has 112 valence electrons. The van der Waals surface area contributed by atoms with E-state index in [0.717, 1.165) is 12.2 Å². The van der Waals surface area contributed by atoms with Gasteiger partial charge in [-0.1, -0.05) is 6.08 Å². The van der Waals surface area contributed by atoms with Crippen LogP contribution in [0.25, 0.3) is 0 Å². The van der Waals surface area contributed by atoms with Gasteiger partial charge in [-0.2, -0.15) is 0 Å². The van der Waals surface area contributed by atoms with Crippen LogP contribution in [-0.2, 0) is 19.1 Å². The van der Waals surface area contributed by atoms with Gasteiger partial charge < -0.3 is 14.8 Å². The van der Waals surface area contributed by atoms with Gasteiger partial charge in [0.1, 0.15) is 11.5 Å².